The van der Waals surface area contributed by atoms with Crippen molar-refractivity contribution in [3.05, 3.63) is 107 Å². The first kappa shape index (κ1) is 35.0. The van der Waals surface area contributed by atoms with E-state index in [-0.39, 0.29) is 16.7 Å². The van der Waals surface area contributed by atoms with Gasteiger partial charge in [0.25, 0.3) is 0 Å². The topological polar surface area (TPSA) is 90.9 Å². The predicted octanol–water partition coefficient (Wildman–Crippen LogP) is 8.18. The summed E-state index contributed by atoms with van der Waals surface area (Å²) in [5.41, 5.74) is 6.18. The summed E-state index contributed by atoms with van der Waals surface area (Å²) in [4.78, 5) is 24.3. The Balaban J connectivity index is 0.854. The lowest BCUT2D eigenvalue weighted by atomic mass is 9.90. The van der Waals surface area contributed by atoms with Crippen molar-refractivity contribution in [1.29, 1.82) is 0 Å². The molecule has 0 aromatic heterocycles. The van der Waals surface area contributed by atoms with E-state index in [4.69, 9.17) is 38.2 Å². The molecule has 9 nitrogen and oxygen atoms in total. The van der Waals surface area contributed by atoms with E-state index in [0.29, 0.717) is 49.2 Å². The van der Waals surface area contributed by atoms with Crippen LogP contribution in [0.2, 0.25) is 0 Å². The molecule has 0 radical (unpaired) electrons. The van der Waals surface area contributed by atoms with Gasteiger partial charge in [-0.05, 0) is 101 Å². The lowest BCUT2D eigenvalue weighted by Crippen LogP contribution is -2.44. The fraction of sp³-hybridized carbons (Fsp3) is 0.405. The van der Waals surface area contributed by atoms with Gasteiger partial charge in [-0.25, -0.2) is 4.79 Å². The van der Waals surface area contributed by atoms with Crippen LogP contribution in [-0.4, -0.2) is 58.8 Å². The molecule has 9 heteroatoms. The molecule has 0 amide bonds. The molecule has 0 N–H and O–H groups in total. The second-order valence-electron chi connectivity index (χ2n) is 14.6. The van der Waals surface area contributed by atoms with Gasteiger partial charge in [-0.1, -0.05) is 45.0 Å². The van der Waals surface area contributed by atoms with E-state index in [1.54, 1.807) is 24.3 Å². The van der Waals surface area contributed by atoms with Gasteiger partial charge >= 0.3 is 5.97 Å². The molecule has 2 saturated heterocycles. The number of benzene rings is 4. The van der Waals surface area contributed by atoms with E-state index in [1.807, 2.05) is 60.7 Å². The van der Waals surface area contributed by atoms with Crippen LogP contribution in [0.1, 0.15) is 66.6 Å². The van der Waals surface area contributed by atoms with Gasteiger partial charge in [-0.15, -0.1) is 0 Å². The van der Waals surface area contributed by atoms with Crippen LogP contribution in [0.15, 0.2) is 84.9 Å². The molecule has 2 heterocycles. The average molecular weight is 695 g/mol. The molecule has 4 aromatic rings. The largest absolute Gasteiger partial charge is 0.494 e. The number of fused-ring (bicyclic) bond motifs is 3. The first-order chi connectivity index (χ1) is 24.8. The van der Waals surface area contributed by atoms with Crippen molar-refractivity contribution >= 4 is 5.97 Å². The first-order valence-corrected chi connectivity index (χ1v) is 17.7. The number of unbranched alkanes of at least 4 members (excludes halogenated alkanes) is 1. The Kier molecular flexibility index (Phi) is 10.6. The number of esters is 1. The highest BCUT2D eigenvalue weighted by atomic mass is 17.2. The fourth-order valence-corrected chi connectivity index (χ4v) is 6.41. The maximum absolute atomic E-state index is 13.0. The molecule has 2 fully saturated rings. The Labute approximate surface area is 299 Å². The third kappa shape index (κ3) is 8.56. The lowest BCUT2D eigenvalue weighted by Gasteiger charge is -2.37. The standard InChI is InChI=1S/C42H46O9/c1-29-38-20-34(50-40(43)31-8-12-32(13-9-31)47-19-5-4-18-44-23-41(2)24-45-25-41)14-16-36(38)37-17-15-35(21-39(29)37)51-49-22-30-6-10-33(11-7-30)48-28-42(3)26-46-27-42/h6-17,20-21,29H,4-5,18-19,22-28H2,1-3H3. The average Bonchev–Trinajstić information content (AvgIpc) is 3.39. The molecule has 1 atom stereocenters. The van der Waals surface area contributed by atoms with Gasteiger partial charge in [-0.2, -0.15) is 4.89 Å². The minimum absolute atomic E-state index is 0.0853. The van der Waals surface area contributed by atoms with Gasteiger partial charge in [0, 0.05) is 23.4 Å². The van der Waals surface area contributed by atoms with Crippen molar-refractivity contribution in [2.24, 2.45) is 10.8 Å². The molecule has 51 heavy (non-hydrogen) atoms. The van der Waals surface area contributed by atoms with E-state index >= 15 is 0 Å². The van der Waals surface area contributed by atoms with Crippen molar-refractivity contribution in [3.63, 3.8) is 0 Å². The molecule has 268 valence electrons. The summed E-state index contributed by atoms with van der Waals surface area (Å²) in [5.74, 6) is 2.34. The molecule has 7 rings (SSSR count). The first-order valence-electron chi connectivity index (χ1n) is 17.7. The van der Waals surface area contributed by atoms with Crippen LogP contribution in [-0.2, 0) is 25.7 Å². The molecule has 0 saturated carbocycles. The van der Waals surface area contributed by atoms with Gasteiger partial charge in [0.05, 0.1) is 51.8 Å². The number of carbonyl (C=O) groups excluding carboxylic acids is 1. The maximum Gasteiger partial charge on any atom is 0.343 e. The zero-order valence-corrected chi connectivity index (χ0v) is 29.6. The Morgan fingerprint density at radius 3 is 1.92 bits per heavy atom. The van der Waals surface area contributed by atoms with Crippen molar-refractivity contribution in [2.75, 3.05) is 52.9 Å². The summed E-state index contributed by atoms with van der Waals surface area (Å²) >= 11 is 0. The van der Waals surface area contributed by atoms with E-state index < -0.39 is 5.97 Å². The van der Waals surface area contributed by atoms with Gasteiger partial charge in [-0.3, -0.25) is 0 Å². The fourth-order valence-electron chi connectivity index (χ4n) is 6.41. The Bertz CT molecular complexity index is 1790. The van der Waals surface area contributed by atoms with Crippen molar-refractivity contribution in [2.45, 2.75) is 46.1 Å². The molecule has 4 aromatic carbocycles. The maximum atomic E-state index is 13.0. The van der Waals surface area contributed by atoms with Crippen molar-refractivity contribution < 1.29 is 43.0 Å². The minimum Gasteiger partial charge on any atom is -0.494 e. The molecule has 0 bridgehead atoms. The van der Waals surface area contributed by atoms with Crippen molar-refractivity contribution in [1.82, 2.24) is 0 Å². The summed E-state index contributed by atoms with van der Waals surface area (Å²) < 4.78 is 33.9. The smallest absolute Gasteiger partial charge is 0.343 e. The molecule has 3 aliphatic rings. The molecule has 2 aliphatic heterocycles. The van der Waals surface area contributed by atoms with Crippen LogP contribution in [0.25, 0.3) is 11.1 Å². The molecular formula is C42H46O9. The zero-order chi connectivity index (χ0) is 35.3. The highest BCUT2D eigenvalue weighted by Crippen LogP contribution is 2.47. The number of hydrogen-bond acceptors (Lipinski definition) is 9. The van der Waals surface area contributed by atoms with E-state index in [9.17, 15) is 4.79 Å². The van der Waals surface area contributed by atoms with Crippen LogP contribution in [0.3, 0.4) is 0 Å². The monoisotopic (exact) mass is 694 g/mol. The third-order valence-corrected chi connectivity index (χ3v) is 9.67. The summed E-state index contributed by atoms with van der Waals surface area (Å²) in [6.45, 7) is 12.5. The molecule has 1 unspecified atom stereocenters. The van der Waals surface area contributed by atoms with E-state index in [0.717, 1.165) is 79.4 Å². The number of hydrogen-bond donors (Lipinski definition) is 0. The molecular weight excluding hydrogens is 648 g/mol. The highest BCUT2D eigenvalue weighted by molar-refractivity contribution is 5.91. The van der Waals surface area contributed by atoms with Crippen LogP contribution in [0.4, 0.5) is 0 Å². The van der Waals surface area contributed by atoms with Gasteiger partial charge < -0.3 is 33.3 Å². The zero-order valence-electron chi connectivity index (χ0n) is 29.6. The van der Waals surface area contributed by atoms with Crippen LogP contribution >= 0.6 is 0 Å². The quantitative estimate of drug-likeness (QED) is 0.0357. The number of rotatable bonds is 17. The Hall–Kier alpha value is -4.41. The Morgan fingerprint density at radius 2 is 1.25 bits per heavy atom. The second kappa shape index (κ2) is 15.5. The lowest BCUT2D eigenvalue weighted by molar-refractivity contribution is -0.217. The van der Waals surface area contributed by atoms with Crippen LogP contribution < -0.4 is 19.1 Å². The number of carbonyl (C=O) groups is 1. The normalized spacial score (nSPS) is 17.7. The summed E-state index contributed by atoms with van der Waals surface area (Å²) in [7, 11) is 0. The SMILES string of the molecule is CC1c2cc(OOCc3ccc(OCC4(C)COC4)cc3)ccc2-c2ccc(OC(=O)c3ccc(OCCCCOCC4(C)COC4)cc3)cc21. The third-order valence-electron chi connectivity index (χ3n) is 9.67. The highest BCUT2D eigenvalue weighted by Gasteiger charge is 2.34. The molecule has 1 aliphatic carbocycles. The minimum atomic E-state index is -0.416. The second-order valence-corrected chi connectivity index (χ2v) is 14.6. The van der Waals surface area contributed by atoms with E-state index in [1.165, 1.54) is 0 Å². The van der Waals surface area contributed by atoms with Crippen molar-refractivity contribution in [3.8, 4) is 34.1 Å². The van der Waals surface area contributed by atoms with E-state index in [2.05, 4.69) is 20.8 Å². The summed E-state index contributed by atoms with van der Waals surface area (Å²) in [5, 5.41) is 0. The van der Waals surface area contributed by atoms with Gasteiger partial charge in [0.2, 0.25) is 0 Å². The van der Waals surface area contributed by atoms with Gasteiger partial charge in [0.1, 0.15) is 23.9 Å². The number of ether oxygens (including phenoxy) is 6. The molecule has 0 spiro atoms. The van der Waals surface area contributed by atoms with Crippen LogP contribution in [0.5, 0.6) is 23.0 Å². The van der Waals surface area contributed by atoms with Gasteiger partial charge in [0.15, 0.2) is 5.75 Å². The summed E-state index contributed by atoms with van der Waals surface area (Å²) in [6.07, 6.45) is 1.82. The predicted molar refractivity (Wildman–Crippen MR) is 192 cm³/mol. The summed E-state index contributed by atoms with van der Waals surface area (Å²) in [6, 6.07) is 26.7. The Morgan fingerprint density at radius 1 is 0.686 bits per heavy atom. The van der Waals surface area contributed by atoms with Crippen LogP contribution in [0, 0.1) is 10.8 Å².